The normalized spacial score (nSPS) is 13.9. The number of halogens is 3. The van der Waals surface area contributed by atoms with Crippen LogP contribution in [-0.4, -0.2) is 31.4 Å². The first kappa shape index (κ1) is 23.4. The van der Waals surface area contributed by atoms with Crippen LogP contribution < -0.4 is 15.5 Å². The van der Waals surface area contributed by atoms with E-state index in [4.69, 9.17) is 0 Å². The average Bonchev–Trinajstić information content (AvgIpc) is 2.73. The van der Waals surface area contributed by atoms with Crippen LogP contribution in [0.15, 0.2) is 42.5 Å². The van der Waals surface area contributed by atoms with E-state index in [0.29, 0.717) is 4.90 Å². The maximum absolute atomic E-state index is 13.7. The maximum Gasteiger partial charge on any atom is 0.279 e. The summed E-state index contributed by atoms with van der Waals surface area (Å²) in [7, 11) is 1.66. The minimum absolute atomic E-state index is 0.135. The molecular weight excluding hydrogens is 395 g/mol. The smallest absolute Gasteiger partial charge is 0.279 e. The number of anilines is 1. The standard InChI is InChI=1S/C22H26F3N3O2/c1-4-8-17(15-9-6-5-7-10-15)27-22(30)14(2)28(3)13-19(29)26-18-12-11-16(23)20(24)21(18)25/h5-7,9-12,14,17H,4,8,13H2,1-3H3,(H,26,29)(H,27,30)/p+1/t14-,17-/m1/s1. The third kappa shape index (κ3) is 6.06. The molecule has 0 bridgehead atoms. The van der Waals surface area contributed by atoms with Crippen molar-refractivity contribution >= 4 is 17.5 Å². The van der Waals surface area contributed by atoms with Gasteiger partial charge in [0.2, 0.25) is 0 Å². The molecule has 0 saturated heterocycles. The molecule has 0 fully saturated rings. The fourth-order valence-electron chi connectivity index (χ4n) is 3.04. The van der Waals surface area contributed by atoms with Crippen LogP contribution in [0.4, 0.5) is 18.9 Å². The second-order valence-corrected chi connectivity index (χ2v) is 7.28. The van der Waals surface area contributed by atoms with Gasteiger partial charge in [-0.3, -0.25) is 9.59 Å². The van der Waals surface area contributed by atoms with Crippen molar-refractivity contribution in [3.05, 3.63) is 65.5 Å². The Balaban J connectivity index is 1.97. The lowest BCUT2D eigenvalue weighted by Crippen LogP contribution is -3.15. The van der Waals surface area contributed by atoms with Crippen molar-refractivity contribution in [1.82, 2.24) is 5.32 Å². The Hall–Kier alpha value is -2.87. The van der Waals surface area contributed by atoms with E-state index in [9.17, 15) is 22.8 Å². The third-order valence-electron chi connectivity index (χ3n) is 4.98. The number of benzene rings is 2. The molecule has 2 aromatic rings. The van der Waals surface area contributed by atoms with Crippen LogP contribution in [0.3, 0.4) is 0 Å². The van der Waals surface area contributed by atoms with Gasteiger partial charge in [-0.25, -0.2) is 13.2 Å². The molecule has 3 atom stereocenters. The molecule has 0 aliphatic heterocycles. The Morgan fingerprint density at radius 3 is 2.33 bits per heavy atom. The SMILES string of the molecule is CCC[C@@H](NC(=O)[C@@H](C)[NH+](C)CC(=O)Nc1ccc(F)c(F)c1F)c1ccccc1. The fraction of sp³-hybridized carbons (Fsp3) is 0.364. The molecule has 0 aliphatic carbocycles. The van der Waals surface area contributed by atoms with Gasteiger partial charge in [-0.1, -0.05) is 43.7 Å². The van der Waals surface area contributed by atoms with Crippen molar-refractivity contribution in [1.29, 1.82) is 0 Å². The average molecular weight is 422 g/mol. The molecule has 2 rings (SSSR count). The zero-order chi connectivity index (χ0) is 22.3. The number of likely N-dealkylation sites (N-methyl/N-ethyl adjacent to an activating group) is 1. The van der Waals surface area contributed by atoms with Gasteiger partial charge in [-0.2, -0.15) is 0 Å². The number of hydrogen-bond donors (Lipinski definition) is 3. The first-order chi connectivity index (χ1) is 14.2. The van der Waals surface area contributed by atoms with Gasteiger partial charge < -0.3 is 15.5 Å². The van der Waals surface area contributed by atoms with Crippen LogP contribution in [0.25, 0.3) is 0 Å². The molecule has 0 spiro atoms. The molecule has 162 valence electrons. The van der Waals surface area contributed by atoms with Crippen LogP contribution >= 0.6 is 0 Å². The summed E-state index contributed by atoms with van der Waals surface area (Å²) in [6.45, 7) is 3.56. The van der Waals surface area contributed by atoms with E-state index in [1.807, 2.05) is 37.3 Å². The second kappa shape index (κ2) is 10.8. The number of nitrogens with one attached hydrogen (secondary N) is 3. The van der Waals surface area contributed by atoms with Gasteiger partial charge >= 0.3 is 0 Å². The summed E-state index contributed by atoms with van der Waals surface area (Å²) in [6.07, 6.45) is 1.66. The molecule has 30 heavy (non-hydrogen) atoms. The summed E-state index contributed by atoms with van der Waals surface area (Å²) in [5.74, 6) is -5.29. The van der Waals surface area contributed by atoms with Gasteiger partial charge in [0.15, 0.2) is 30.0 Å². The minimum Gasteiger partial charge on any atom is -0.344 e. The number of carbonyl (C=O) groups is 2. The van der Waals surface area contributed by atoms with Crippen molar-refractivity contribution in [2.45, 2.75) is 38.8 Å². The van der Waals surface area contributed by atoms with Crippen LogP contribution in [0.1, 0.15) is 38.3 Å². The van der Waals surface area contributed by atoms with Crippen LogP contribution in [0, 0.1) is 17.5 Å². The number of quaternary nitrogens is 1. The highest BCUT2D eigenvalue weighted by molar-refractivity contribution is 5.91. The largest absolute Gasteiger partial charge is 0.344 e. The molecule has 0 aromatic heterocycles. The van der Waals surface area contributed by atoms with Crippen LogP contribution in [0.2, 0.25) is 0 Å². The summed E-state index contributed by atoms with van der Waals surface area (Å²) in [5, 5.41) is 5.23. The molecule has 8 heteroatoms. The molecule has 0 heterocycles. The maximum atomic E-state index is 13.7. The Morgan fingerprint density at radius 2 is 1.70 bits per heavy atom. The van der Waals surface area contributed by atoms with E-state index >= 15 is 0 Å². The molecule has 0 radical (unpaired) electrons. The van der Waals surface area contributed by atoms with Crippen molar-refractivity contribution in [2.75, 3.05) is 18.9 Å². The van der Waals surface area contributed by atoms with E-state index in [0.717, 1.165) is 30.5 Å². The van der Waals surface area contributed by atoms with Gasteiger partial charge in [0, 0.05) is 0 Å². The molecule has 2 aromatic carbocycles. The zero-order valence-electron chi connectivity index (χ0n) is 17.3. The Labute approximate surface area is 174 Å². The molecule has 5 nitrogen and oxygen atoms in total. The van der Waals surface area contributed by atoms with E-state index in [1.165, 1.54) is 0 Å². The van der Waals surface area contributed by atoms with E-state index in [1.54, 1.807) is 14.0 Å². The van der Waals surface area contributed by atoms with E-state index in [-0.39, 0.29) is 18.5 Å². The zero-order valence-corrected chi connectivity index (χ0v) is 17.3. The van der Waals surface area contributed by atoms with Gasteiger partial charge in [-0.05, 0) is 31.0 Å². The summed E-state index contributed by atoms with van der Waals surface area (Å²) < 4.78 is 40.0. The number of hydrogen-bond acceptors (Lipinski definition) is 2. The molecule has 3 N–H and O–H groups in total. The molecule has 0 saturated carbocycles. The summed E-state index contributed by atoms with van der Waals surface area (Å²) in [4.78, 5) is 25.5. The fourth-order valence-corrected chi connectivity index (χ4v) is 3.04. The summed E-state index contributed by atoms with van der Waals surface area (Å²) in [5.41, 5.74) is 0.556. The van der Waals surface area contributed by atoms with Crippen LogP contribution in [0.5, 0.6) is 0 Å². The van der Waals surface area contributed by atoms with Gasteiger partial charge in [-0.15, -0.1) is 0 Å². The highest BCUT2D eigenvalue weighted by Crippen LogP contribution is 2.19. The summed E-state index contributed by atoms with van der Waals surface area (Å²) >= 11 is 0. The number of rotatable bonds is 9. The highest BCUT2D eigenvalue weighted by Gasteiger charge is 2.26. The second-order valence-electron chi connectivity index (χ2n) is 7.28. The number of carbonyl (C=O) groups excluding carboxylic acids is 2. The third-order valence-corrected chi connectivity index (χ3v) is 4.98. The van der Waals surface area contributed by atoms with Crippen molar-refractivity contribution in [3.63, 3.8) is 0 Å². The van der Waals surface area contributed by atoms with Crippen molar-refractivity contribution in [3.8, 4) is 0 Å². The molecule has 1 unspecified atom stereocenters. The van der Waals surface area contributed by atoms with Gasteiger partial charge in [0.1, 0.15) is 0 Å². The Morgan fingerprint density at radius 1 is 1.03 bits per heavy atom. The van der Waals surface area contributed by atoms with Crippen molar-refractivity contribution < 1.29 is 27.7 Å². The lowest BCUT2D eigenvalue weighted by molar-refractivity contribution is -0.885. The van der Waals surface area contributed by atoms with Gasteiger partial charge in [0.25, 0.3) is 11.8 Å². The van der Waals surface area contributed by atoms with Crippen LogP contribution in [-0.2, 0) is 9.59 Å². The van der Waals surface area contributed by atoms with E-state index < -0.39 is 35.1 Å². The summed E-state index contributed by atoms with van der Waals surface area (Å²) in [6, 6.07) is 10.6. The monoisotopic (exact) mass is 422 g/mol. The first-order valence-electron chi connectivity index (χ1n) is 9.85. The Bertz CT molecular complexity index is 877. The molecule has 0 aliphatic rings. The van der Waals surface area contributed by atoms with Gasteiger partial charge in [0.05, 0.1) is 18.8 Å². The Kier molecular flexibility index (Phi) is 8.41. The lowest BCUT2D eigenvalue weighted by Gasteiger charge is -2.24. The minimum atomic E-state index is -1.65. The molecule has 2 amide bonds. The molecular formula is C22H27F3N3O2+. The topological polar surface area (TPSA) is 62.6 Å². The lowest BCUT2D eigenvalue weighted by atomic mass is 10.0. The van der Waals surface area contributed by atoms with E-state index in [2.05, 4.69) is 10.6 Å². The predicted octanol–water partition coefficient (Wildman–Crippen LogP) is 2.60. The number of amides is 2. The highest BCUT2D eigenvalue weighted by atomic mass is 19.2. The first-order valence-corrected chi connectivity index (χ1v) is 9.85. The predicted molar refractivity (Wildman–Crippen MR) is 108 cm³/mol. The van der Waals surface area contributed by atoms with Crippen molar-refractivity contribution in [2.24, 2.45) is 0 Å². The quantitative estimate of drug-likeness (QED) is 0.544.